The molecule has 4 rings (SSSR count). The maximum absolute atomic E-state index is 12.6. The van der Waals surface area contributed by atoms with Crippen molar-refractivity contribution in [3.63, 3.8) is 0 Å². The maximum Gasteiger partial charge on any atom is 0.342 e. The highest BCUT2D eigenvalue weighted by molar-refractivity contribution is 6.34. The summed E-state index contributed by atoms with van der Waals surface area (Å²) in [4.78, 5) is 54.7. The molecule has 0 spiro atoms. The van der Waals surface area contributed by atoms with Crippen LogP contribution in [0.5, 0.6) is 11.5 Å². The van der Waals surface area contributed by atoms with Gasteiger partial charge in [-0.15, -0.1) is 0 Å². The fourth-order valence-corrected chi connectivity index (χ4v) is 7.65. The Morgan fingerprint density at radius 3 is 1.29 bits per heavy atom. The maximum atomic E-state index is 12.6. The lowest BCUT2D eigenvalue weighted by Gasteiger charge is -2.32. The molecule has 16 heteroatoms. The number of hydrogen-bond donors (Lipinski definition) is 4. The third kappa shape index (κ3) is 15.6. The van der Waals surface area contributed by atoms with E-state index < -0.39 is 11.9 Å². The fourth-order valence-electron chi connectivity index (χ4n) is 7.32. The summed E-state index contributed by atoms with van der Waals surface area (Å²) in [6.45, 7) is 5.02. The number of methoxy groups -OCH3 is 2. The Balaban J connectivity index is 0.926. The van der Waals surface area contributed by atoms with Crippen LogP contribution in [0.4, 0.5) is 11.4 Å². The molecule has 6 N–H and O–H groups in total. The molecule has 322 valence electrons. The number of nitrogens with zero attached hydrogens (tertiary/aromatic N) is 2. The first kappa shape index (κ1) is 46.7. The quantitative estimate of drug-likeness (QED) is 0.0560. The number of hydrogen-bond acceptors (Lipinski definition) is 12. The van der Waals surface area contributed by atoms with Gasteiger partial charge in [0.25, 0.3) is 0 Å². The number of amides is 2. The number of nitrogen functional groups attached to an aromatic ring is 2. The molecule has 14 nitrogen and oxygen atoms in total. The van der Waals surface area contributed by atoms with Crippen molar-refractivity contribution in [2.45, 2.75) is 102 Å². The molecule has 2 heterocycles. The normalized spacial score (nSPS) is 15.4. The van der Waals surface area contributed by atoms with E-state index in [1.165, 1.54) is 38.5 Å². The number of nitrogens with one attached hydrogen (secondary N) is 2. The molecule has 0 aliphatic carbocycles. The predicted octanol–water partition coefficient (Wildman–Crippen LogP) is 6.25. The molecule has 2 aliphatic rings. The summed E-state index contributed by atoms with van der Waals surface area (Å²) in [7, 11) is 2.92. The number of piperidine rings is 2. The third-order valence-corrected chi connectivity index (χ3v) is 11.5. The number of rotatable bonds is 23. The number of ether oxygens (including phenoxy) is 4. The number of esters is 2. The van der Waals surface area contributed by atoms with Gasteiger partial charge in [-0.3, -0.25) is 19.4 Å². The topological polar surface area (TPSA) is 188 Å². The summed E-state index contributed by atoms with van der Waals surface area (Å²) in [5.41, 5.74) is 12.7. The lowest BCUT2D eigenvalue weighted by Crippen LogP contribution is -2.45. The fraction of sp³-hybridized carbons (Fsp3) is 0.619. The Hall–Kier alpha value is -3.98. The number of unbranched alkanes of at least 4 members (excludes halogenated alkanes) is 7. The highest BCUT2D eigenvalue weighted by Crippen LogP contribution is 2.30. The minimum Gasteiger partial charge on any atom is -0.496 e. The Morgan fingerprint density at radius 1 is 0.603 bits per heavy atom. The van der Waals surface area contributed by atoms with E-state index in [0.29, 0.717) is 48.8 Å². The van der Waals surface area contributed by atoms with Gasteiger partial charge in [-0.1, -0.05) is 61.7 Å². The van der Waals surface area contributed by atoms with Gasteiger partial charge in [0, 0.05) is 76.3 Å². The number of carbonyl (C=O) groups is 4. The van der Waals surface area contributed by atoms with Crippen molar-refractivity contribution < 1.29 is 38.1 Å². The van der Waals surface area contributed by atoms with E-state index in [1.54, 1.807) is 0 Å². The summed E-state index contributed by atoms with van der Waals surface area (Å²) >= 11 is 12.1. The van der Waals surface area contributed by atoms with Crippen LogP contribution < -0.4 is 31.6 Å². The SMILES string of the molecule is COc1cc(N)c(Cl)cc1C(=O)OCCN1CCC(NC(=O)CCCCCCCCCCC(=O)NC2CCN(CCOC(=O)c3cc(Cl)c(N)cc3OC)CC2)CC1. The van der Waals surface area contributed by atoms with Crippen LogP contribution in [0.3, 0.4) is 0 Å². The van der Waals surface area contributed by atoms with Crippen LogP contribution in [-0.4, -0.2) is 112 Å². The van der Waals surface area contributed by atoms with Gasteiger partial charge in [0.15, 0.2) is 0 Å². The Morgan fingerprint density at radius 2 is 0.948 bits per heavy atom. The Bertz CT molecular complexity index is 1530. The number of likely N-dealkylation sites (tertiary alicyclic amines) is 2. The molecule has 58 heavy (non-hydrogen) atoms. The van der Waals surface area contributed by atoms with Crippen molar-refractivity contribution in [3.05, 3.63) is 45.4 Å². The van der Waals surface area contributed by atoms with Gasteiger partial charge in [-0.25, -0.2) is 9.59 Å². The lowest BCUT2D eigenvalue weighted by molar-refractivity contribution is -0.123. The largest absolute Gasteiger partial charge is 0.496 e. The average Bonchev–Trinajstić information content (AvgIpc) is 3.21. The van der Waals surface area contributed by atoms with Gasteiger partial charge in [-0.05, 0) is 50.7 Å². The number of benzene rings is 2. The van der Waals surface area contributed by atoms with Crippen LogP contribution in [0.15, 0.2) is 24.3 Å². The third-order valence-electron chi connectivity index (χ3n) is 10.8. The summed E-state index contributed by atoms with van der Waals surface area (Å²) in [6.07, 6.45) is 12.9. The Kier molecular flexibility index (Phi) is 20.0. The zero-order valence-electron chi connectivity index (χ0n) is 34.1. The van der Waals surface area contributed by atoms with E-state index in [0.717, 1.165) is 103 Å². The van der Waals surface area contributed by atoms with E-state index in [1.807, 2.05) is 0 Å². The first-order valence-electron chi connectivity index (χ1n) is 20.6. The van der Waals surface area contributed by atoms with E-state index >= 15 is 0 Å². The van der Waals surface area contributed by atoms with E-state index in [-0.39, 0.29) is 58.3 Å². The van der Waals surface area contributed by atoms with Crippen molar-refractivity contribution >= 4 is 58.3 Å². The molecule has 2 aromatic carbocycles. The molecule has 0 aromatic heterocycles. The molecule has 0 unspecified atom stereocenters. The molecule has 2 amide bonds. The molecule has 2 aliphatic heterocycles. The summed E-state index contributed by atoms with van der Waals surface area (Å²) in [6, 6.07) is 6.29. The molecule has 2 aromatic rings. The Labute approximate surface area is 352 Å². The summed E-state index contributed by atoms with van der Waals surface area (Å²) in [5.74, 6) is -0.134. The number of halogens is 2. The van der Waals surface area contributed by atoms with Crippen LogP contribution in [0, 0.1) is 0 Å². The minimum absolute atomic E-state index is 0.119. The first-order valence-corrected chi connectivity index (χ1v) is 21.4. The van der Waals surface area contributed by atoms with Crippen molar-refractivity contribution in [1.29, 1.82) is 0 Å². The molecule has 0 atom stereocenters. The van der Waals surface area contributed by atoms with Gasteiger partial charge in [-0.2, -0.15) is 0 Å². The smallest absolute Gasteiger partial charge is 0.342 e. The second-order valence-electron chi connectivity index (χ2n) is 15.1. The van der Waals surface area contributed by atoms with Crippen LogP contribution in [0.1, 0.15) is 111 Å². The van der Waals surface area contributed by atoms with Crippen LogP contribution in [0.2, 0.25) is 10.0 Å². The minimum atomic E-state index is -0.509. The number of nitrogens with two attached hydrogens (primary N) is 2. The van der Waals surface area contributed by atoms with E-state index in [4.69, 9.17) is 53.6 Å². The van der Waals surface area contributed by atoms with Gasteiger partial charge in [0.05, 0.1) is 35.6 Å². The molecular formula is C42H62Cl2N6O8. The molecule has 2 saturated heterocycles. The standard InChI is InChI=1S/C42H62Cl2N6O8/c1-55-37-27-35(45)33(43)25-31(37)41(53)57-23-21-49-17-13-29(14-18-49)47-39(51)11-9-7-5-3-4-6-8-10-12-40(52)48-30-15-19-50(20-16-30)22-24-58-42(54)32-26-34(44)36(46)28-38(32)56-2/h25-30H,3-24,45-46H2,1-2H3,(H,47,51)(H,48,52). The van der Waals surface area contributed by atoms with E-state index in [9.17, 15) is 19.2 Å². The second kappa shape index (κ2) is 24.8. The van der Waals surface area contributed by atoms with Gasteiger partial charge in [0.2, 0.25) is 11.8 Å². The molecule has 0 saturated carbocycles. The van der Waals surface area contributed by atoms with Crippen molar-refractivity contribution in [2.75, 3.05) is 78.2 Å². The molecule has 0 bridgehead atoms. The number of carbonyl (C=O) groups excluding carboxylic acids is 4. The van der Waals surface area contributed by atoms with Crippen LogP contribution in [-0.2, 0) is 19.1 Å². The number of anilines is 2. The van der Waals surface area contributed by atoms with Crippen molar-refractivity contribution in [2.24, 2.45) is 0 Å². The van der Waals surface area contributed by atoms with E-state index in [2.05, 4.69) is 20.4 Å². The average molecular weight is 850 g/mol. The second-order valence-corrected chi connectivity index (χ2v) is 15.9. The van der Waals surface area contributed by atoms with Gasteiger partial charge < -0.3 is 41.0 Å². The van der Waals surface area contributed by atoms with Crippen molar-refractivity contribution in [1.82, 2.24) is 20.4 Å². The highest BCUT2D eigenvalue weighted by Gasteiger charge is 2.23. The summed E-state index contributed by atoms with van der Waals surface area (Å²) in [5, 5.41) is 6.93. The van der Waals surface area contributed by atoms with Crippen LogP contribution >= 0.6 is 23.2 Å². The first-order chi connectivity index (χ1) is 28.0. The van der Waals surface area contributed by atoms with Crippen molar-refractivity contribution in [3.8, 4) is 11.5 Å². The molecular weight excluding hydrogens is 787 g/mol. The predicted molar refractivity (Wildman–Crippen MR) is 227 cm³/mol. The zero-order valence-corrected chi connectivity index (χ0v) is 35.6. The van der Waals surface area contributed by atoms with Gasteiger partial charge in [0.1, 0.15) is 35.8 Å². The monoisotopic (exact) mass is 848 g/mol. The zero-order chi connectivity index (χ0) is 41.9. The lowest BCUT2D eigenvalue weighted by atomic mass is 10.0. The molecule has 0 radical (unpaired) electrons. The summed E-state index contributed by atoms with van der Waals surface area (Å²) < 4.78 is 21.4. The molecule has 2 fully saturated rings. The van der Waals surface area contributed by atoms with Crippen LogP contribution in [0.25, 0.3) is 0 Å². The van der Waals surface area contributed by atoms with Gasteiger partial charge >= 0.3 is 11.9 Å². The highest BCUT2D eigenvalue weighted by atomic mass is 35.5.